The number of amides is 2. The van der Waals surface area contributed by atoms with Gasteiger partial charge in [0.1, 0.15) is 0 Å². The van der Waals surface area contributed by atoms with Gasteiger partial charge in [-0.25, -0.2) is 0 Å². The van der Waals surface area contributed by atoms with Crippen molar-refractivity contribution in [2.24, 2.45) is 5.92 Å². The van der Waals surface area contributed by atoms with Gasteiger partial charge in [-0.2, -0.15) is 0 Å². The van der Waals surface area contributed by atoms with Crippen LogP contribution >= 0.6 is 0 Å². The van der Waals surface area contributed by atoms with E-state index in [0.717, 1.165) is 66.0 Å². The van der Waals surface area contributed by atoms with Gasteiger partial charge >= 0.3 is 0 Å². The Kier molecular flexibility index (Phi) is 7.60. The van der Waals surface area contributed by atoms with Crippen LogP contribution in [-0.2, 0) is 11.2 Å². The van der Waals surface area contributed by atoms with E-state index in [1.807, 2.05) is 56.3 Å². The second-order valence-electron chi connectivity index (χ2n) is 11.5. The second kappa shape index (κ2) is 11.6. The highest BCUT2D eigenvalue weighted by Gasteiger charge is 2.33. The van der Waals surface area contributed by atoms with Gasteiger partial charge < -0.3 is 15.5 Å². The molecule has 1 unspecified atom stereocenters. The highest BCUT2D eigenvalue weighted by Crippen LogP contribution is 2.38. The quantitative estimate of drug-likeness (QED) is 0.232. The zero-order valence-electron chi connectivity index (χ0n) is 23.8. The summed E-state index contributed by atoms with van der Waals surface area (Å²) in [6.45, 7) is 5.82. The predicted molar refractivity (Wildman–Crippen MR) is 166 cm³/mol. The standard InChI is InChI=1S/C36H37N3O2/c1-24(2)37-36(41)34(25-9-4-3-5-10-25)26-19-21-39(22-20-26)29-17-15-28(16-18-29)38-35(40)32-14-8-13-31-30-12-7-6-11-27(30)23-33(31)32/h3-18,24,26,34H,19-23H2,1-2H3,(H,37,41)(H,38,40). The SMILES string of the molecule is CC(C)NC(=O)C(c1ccccc1)C1CCN(c2ccc(NC(=O)c3cccc4c3Cc3ccccc3-4)cc2)CC1. The minimum Gasteiger partial charge on any atom is -0.372 e. The van der Waals surface area contributed by atoms with E-state index in [1.54, 1.807) is 0 Å². The lowest BCUT2D eigenvalue weighted by Crippen LogP contribution is -2.42. The minimum absolute atomic E-state index is 0.0742. The maximum absolute atomic E-state index is 13.3. The van der Waals surface area contributed by atoms with Crippen LogP contribution < -0.4 is 15.5 Å². The molecule has 4 aromatic carbocycles. The Balaban J connectivity index is 1.10. The van der Waals surface area contributed by atoms with Crippen molar-refractivity contribution in [2.45, 2.75) is 45.1 Å². The molecule has 208 valence electrons. The third kappa shape index (κ3) is 5.62. The Morgan fingerprint density at radius 2 is 1.46 bits per heavy atom. The molecule has 5 nitrogen and oxygen atoms in total. The average molecular weight is 544 g/mol. The van der Waals surface area contributed by atoms with E-state index >= 15 is 0 Å². The van der Waals surface area contributed by atoms with Gasteiger partial charge in [-0.15, -0.1) is 0 Å². The minimum atomic E-state index is -0.134. The van der Waals surface area contributed by atoms with Crippen molar-refractivity contribution in [2.75, 3.05) is 23.3 Å². The Labute approximate surface area is 242 Å². The molecule has 1 saturated heterocycles. The molecule has 2 N–H and O–H groups in total. The number of anilines is 2. The van der Waals surface area contributed by atoms with E-state index in [9.17, 15) is 9.59 Å². The van der Waals surface area contributed by atoms with Crippen molar-refractivity contribution in [3.63, 3.8) is 0 Å². The lowest BCUT2D eigenvalue weighted by Gasteiger charge is -2.37. The first-order chi connectivity index (χ1) is 20.0. The fraction of sp³-hybridized carbons (Fsp3) is 0.278. The Hall–Kier alpha value is -4.38. The predicted octanol–water partition coefficient (Wildman–Crippen LogP) is 7.03. The van der Waals surface area contributed by atoms with Crippen molar-refractivity contribution in [3.05, 3.63) is 119 Å². The first-order valence-electron chi connectivity index (χ1n) is 14.7. The largest absolute Gasteiger partial charge is 0.372 e. The second-order valence-corrected chi connectivity index (χ2v) is 11.5. The van der Waals surface area contributed by atoms with Gasteiger partial charge in [0.2, 0.25) is 5.91 Å². The summed E-state index contributed by atoms with van der Waals surface area (Å²) in [7, 11) is 0. The molecular weight excluding hydrogens is 506 g/mol. The smallest absolute Gasteiger partial charge is 0.255 e. The summed E-state index contributed by atoms with van der Waals surface area (Å²) in [5.74, 6) is 0.211. The molecule has 1 aliphatic heterocycles. The Morgan fingerprint density at radius 3 is 2.20 bits per heavy atom. The van der Waals surface area contributed by atoms with Crippen LogP contribution in [0.4, 0.5) is 11.4 Å². The maximum atomic E-state index is 13.3. The summed E-state index contributed by atoms with van der Waals surface area (Å²) < 4.78 is 0. The van der Waals surface area contributed by atoms with E-state index in [1.165, 1.54) is 11.1 Å². The van der Waals surface area contributed by atoms with Gasteiger partial charge in [-0.05, 0) is 97.2 Å². The highest BCUT2D eigenvalue weighted by atomic mass is 16.2. The van der Waals surface area contributed by atoms with Crippen LogP contribution in [0, 0.1) is 5.92 Å². The van der Waals surface area contributed by atoms with Crippen LogP contribution in [0.5, 0.6) is 0 Å². The molecule has 41 heavy (non-hydrogen) atoms. The van der Waals surface area contributed by atoms with E-state index in [4.69, 9.17) is 0 Å². The number of carbonyl (C=O) groups excluding carboxylic acids is 2. The molecule has 0 spiro atoms. The summed E-state index contributed by atoms with van der Waals surface area (Å²) in [6.07, 6.45) is 2.68. The number of hydrogen-bond donors (Lipinski definition) is 2. The number of fused-ring (bicyclic) bond motifs is 3. The third-order valence-corrected chi connectivity index (χ3v) is 8.47. The topological polar surface area (TPSA) is 61.4 Å². The molecule has 0 saturated carbocycles. The fourth-order valence-corrected chi connectivity index (χ4v) is 6.49. The number of benzene rings is 4. The van der Waals surface area contributed by atoms with E-state index in [-0.39, 0.29) is 23.8 Å². The zero-order valence-corrected chi connectivity index (χ0v) is 23.8. The van der Waals surface area contributed by atoms with Crippen molar-refractivity contribution < 1.29 is 9.59 Å². The molecule has 6 rings (SSSR count). The first kappa shape index (κ1) is 26.8. The molecule has 0 radical (unpaired) electrons. The van der Waals surface area contributed by atoms with Crippen molar-refractivity contribution >= 4 is 23.2 Å². The summed E-state index contributed by atoms with van der Waals surface area (Å²) in [4.78, 5) is 28.9. The van der Waals surface area contributed by atoms with Gasteiger partial charge in [0, 0.05) is 36.1 Å². The van der Waals surface area contributed by atoms with Crippen molar-refractivity contribution in [3.8, 4) is 11.1 Å². The lowest BCUT2D eigenvalue weighted by atomic mass is 9.79. The van der Waals surface area contributed by atoms with Crippen LogP contribution in [0.25, 0.3) is 11.1 Å². The third-order valence-electron chi connectivity index (χ3n) is 8.47. The van der Waals surface area contributed by atoms with Crippen LogP contribution in [0.1, 0.15) is 59.7 Å². The number of carbonyl (C=O) groups is 2. The van der Waals surface area contributed by atoms with Crippen LogP contribution in [0.2, 0.25) is 0 Å². The number of hydrogen-bond acceptors (Lipinski definition) is 3. The van der Waals surface area contributed by atoms with Crippen molar-refractivity contribution in [1.82, 2.24) is 5.32 Å². The van der Waals surface area contributed by atoms with E-state index in [0.29, 0.717) is 5.92 Å². The Bertz CT molecular complexity index is 1540. The molecule has 4 aromatic rings. The number of nitrogens with one attached hydrogen (secondary N) is 2. The molecule has 1 fully saturated rings. The molecule has 1 aliphatic carbocycles. The van der Waals surface area contributed by atoms with Crippen LogP contribution in [0.15, 0.2) is 97.1 Å². The summed E-state index contributed by atoms with van der Waals surface area (Å²) in [5.41, 5.74) is 8.50. The highest BCUT2D eigenvalue weighted by molar-refractivity contribution is 6.07. The van der Waals surface area contributed by atoms with E-state index in [2.05, 4.69) is 70.1 Å². The summed E-state index contributed by atoms with van der Waals surface area (Å²) in [5, 5.41) is 6.26. The number of nitrogens with zero attached hydrogens (tertiary/aromatic N) is 1. The van der Waals surface area contributed by atoms with Gasteiger partial charge in [0.25, 0.3) is 5.91 Å². The molecule has 2 amide bonds. The van der Waals surface area contributed by atoms with Crippen LogP contribution in [0.3, 0.4) is 0 Å². The normalized spacial score (nSPS) is 15.2. The monoisotopic (exact) mass is 543 g/mol. The molecule has 2 aliphatic rings. The van der Waals surface area contributed by atoms with Crippen LogP contribution in [-0.4, -0.2) is 30.9 Å². The number of piperidine rings is 1. The Morgan fingerprint density at radius 1 is 0.780 bits per heavy atom. The van der Waals surface area contributed by atoms with Gasteiger partial charge in [0.15, 0.2) is 0 Å². The zero-order chi connectivity index (χ0) is 28.3. The summed E-state index contributed by atoms with van der Waals surface area (Å²) in [6, 6.07) is 32.8. The van der Waals surface area contributed by atoms with E-state index < -0.39 is 0 Å². The molecule has 1 atom stereocenters. The molecule has 1 heterocycles. The summed E-state index contributed by atoms with van der Waals surface area (Å²) >= 11 is 0. The molecule has 0 bridgehead atoms. The molecule has 0 aromatic heterocycles. The molecule has 5 heteroatoms. The lowest BCUT2D eigenvalue weighted by molar-refractivity contribution is -0.124. The van der Waals surface area contributed by atoms with Gasteiger partial charge in [-0.3, -0.25) is 9.59 Å². The fourth-order valence-electron chi connectivity index (χ4n) is 6.49. The molecular formula is C36H37N3O2. The first-order valence-corrected chi connectivity index (χ1v) is 14.7. The number of rotatable bonds is 7. The average Bonchev–Trinajstić information content (AvgIpc) is 3.37. The van der Waals surface area contributed by atoms with Crippen molar-refractivity contribution in [1.29, 1.82) is 0 Å². The van der Waals surface area contributed by atoms with Gasteiger partial charge in [-0.1, -0.05) is 66.7 Å². The van der Waals surface area contributed by atoms with Gasteiger partial charge in [0.05, 0.1) is 5.92 Å². The maximum Gasteiger partial charge on any atom is 0.255 e.